The summed E-state index contributed by atoms with van der Waals surface area (Å²) in [4.78, 5) is 2.45. The summed E-state index contributed by atoms with van der Waals surface area (Å²) in [5.41, 5.74) is 8.54. The summed E-state index contributed by atoms with van der Waals surface area (Å²) >= 11 is 0. The van der Waals surface area contributed by atoms with Crippen molar-refractivity contribution in [2.45, 2.75) is 59.9 Å². The molecule has 2 rings (SSSR count). The second-order valence-electron chi connectivity index (χ2n) is 6.24. The molecule has 1 saturated heterocycles. The van der Waals surface area contributed by atoms with Gasteiger partial charge in [0.2, 0.25) is 0 Å². The maximum Gasteiger partial charge on any atom is 0.150 e. The van der Waals surface area contributed by atoms with Crippen LogP contribution in [0.15, 0.2) is 0 Å². The minimum atomic E-state index is 0.351. The number of rotatable bonds is 4. The lowest BCUT2D eigenvalue weighted by molar-refractivity contribution is 0.301. The highest BCUT2D eigenvalue weighted by Crippen LogP contribution is 2.41. The van der Waals surface area contributed by atoms with Crippen LogP contribution in [0.2, 0.25) is 0 Å². The summed E-state index contributed by atoms with van der Waals surface area (Å²) in [5.74, 6) is 1.14. The predicted molar refractivity (Wildman–Crippen MR) is 81.6 cm³/mol. The van der Waals surface area contributed by atoms with Crippen LogP contribution in [0.25, 0.3) is 0 Å². The summed E-state index contributed by atoms with van der Waals surface area (Å²) in [6.45, 7) is 13.2. The Morgan fingerprint density at radius 2 is 1.95 bits per heavy atom. The van der Waals surface area contributed by atoms with Gasteiger partial charge in [-0.1, -0.05) is 13.8 Å². The standard InChI is InChI=1S/C15H28N4/c1-6-15(7-2)8-9-18(10-15)14-13(16)12(5)17-19(14)11(3)4/h11H,6-10,16H2,1-5H3. The maximum absolute atomic E-state index is 6.27. The monoisotopic (exact) mass is 264 g/mol. The van der Waals surface area contributed by atoms with Gasteiger partial charge >= 0.3 is 0 Å². The van der Waals surface area contributed by atoms with Crippen LogP contribution in [-0.2, 0) is 0 Å². The summed E-state index contributed by atoms with van der Waals surface area (Å²) < 4.78 is 2.09. The highest BCUT2D eigenvalue weighted by atomic mass is 15.4. The molecule has 0 unspecified atom stereocenters. The van der Waals surface area contributed by atoms with Crippen LogP contribution in [0.4, 0.5) is 11.5 Å². The first-order valence-corrected chi connectivity index (χ1v) is 7.53. The van der Waals surface area contributed by atoms with Crippen LogP contribution in [0.1, 0.15) is 58.7 Å². The van der Waals surface area contributed by atoms with Crippen molar-refractivity contribution in [2.75, 3.05) is 23.7 Å². The summed E-state index contributed by atoms with van der Waals surface area (Å²) in [6.07, 6.45) is 3.76. The lowest BCUT2D eigenvalue weighted by Gasteiger charge is -2.28. The largest absolute Gasteiger partial charge is 0.394 e. The Hall–Kier alpha value is -1.19. The first-order chi connectivity index (χ1) is 8.94. The zero-order valence-electron chi connectivity index (χ0n) is 13.0. The van der Waals surface area contributed by atoms with E-state index >= 15 is 0 Å². The molecule has 108 valence electrons. The van der Waals surface area contributed by atoms with E-state index < -0.39 is 0 Å². The Labute approximate surface area is 117 Å². The van der Waals surface area contributed by atoms with Gasteiger partial charge in [0, 0.05) is 19.1 Å². The van der Waals surface area contributed by atoms with Crippen molar-refractivity contribution in [1.82, 2.24) is 9.78 Å². The third-order valence-electron chi connectivity index (χ3n) is 4.83. The third kappa shape index (κ3) is 2.33. The zero-order valence-corrected chi connectivity index (χ0v) is 13.0. The van der Waals surface area contributed by atoms with Crippen LogP contribution >= 0.6 is 0 Å². The lowest BCUT2D eigenvalue weighted by atomic mass is 9.82. The van der Waals surface area contributed by atoms with Crippen LogP contribution < -0.4 is 10.6 Å². The summed E-state index contributed by atoms with van der Waals surface area (Å²) in [5, 5.41) is 4.60. The van der Waals surface area contributed by atoms with Gasteiger partial charge < -0.3 is 10.6 Å². The van der Waals surface area contributed by atoms with Gasteiger partial charge in [0.15, 0.2) is 5.82 Å². The maximum atomic E-state index is 6.27. The smallest absolute Gasteiger partial charge is 0.150 e. The number of aromatic nitrogens is 2. The van der Waals surface area contributed by atoms with Crippen molar-refractivity contribution in [3.05, 3.63) is 5.69 Å². The van der Waals surface area contributed by atoms with Crippen molar-refractivity contribution in [3.8, 4) is 0 Å². The van der Waals surface area contributed by atoms with Gasteiger partial charge in [0.05, 0.1) is 11.4 Å². The molecule has 4 nitrogen and oxygen atoms in total. The van der Waals surface area contributed by atoms with Gasteiger partial charge in [-0.05, 0) is 45.4 Å². The van der Waals surface area contributed by atoms with E-state index in [9.17, 15) is 0 Å². The number of nitrogens with zero attached hydrogens (tertiary/aromatic N) is 3. The molecule has 4 heteroatoms. The topological polar surface area (TPSA) is 47.1 Å². The highest BCUT2D eigenvalue weighted by molar-refractivity contribution is 5.67. The molecule has 1 aliphatic heterocycles. The molecule has 2 N–H and O–H groups in total. The van der Waals surface area contributed by atoms with E-state index in [1.54, 1.807) is 0 Å². The number of hydrogen-bond donors (Lipinski definition) is 1. The summed E-state index contributed by atoms with van der Waals surface area (Å²) in [7, 11) is 0. The minimum Gasteiger partial charge on any atom is -0.394 e. The van der Waals surface area contributed by atoms with E-state index in [0.29, 0.717) is 11.5 Å². The van der Waals surface area contributed by atoms with E-state index in [0.717, 1.165) is 30.3 Å². The number of nitrogen functional groups attached to an aromatic ring is 1. The Bertz CT molecular complexity index is 443. The van der Waals surface area contributed by atoms with E-state index in [2.05, 4.69) is 42.4 Å². The first-order valence-electron chi connectivity index (χ1n) is 7.53. The van der Waals surface area contributed by atoms with Crippen LogP contribution in [0.3, 0.4) is 0 Å². The molecule has 0 atom stereocenters. The molecule has 2 heterocycles. The molecular weight excluding hydrogens is 236 g/mol. The Morgan fingerprint density at radius 1 is 1.32 bits per heavy atom. The molecule has 1 fully saturated rings. The van der Waals surface area contributed by atoms with Gasteiger partial charge in [-0.3, -0.25) is 0 Å². The quantitative estimate of drug-likeness (QED) is 0.907. The molecule has 0 aromatic carbocycles. The summed E-state index contributed by atoms with van der Waals surface area (Å²) in [6, 6.07) is 0.351. The molecule has 1 aliphatic rings. The van der Waals surface area contributed by atoms with Crippen molar-refractivity contribution >= 4 is 11.5 Å². The van der Waals surface area contributed by atoms with Gasteiger partial charge in [0.25, 0.3) is 0 Å². The van der Waals surface area contributed by atoms with Crippen molar-refractivity contribution in [1.29, 1.82) is 0 Å². The third-order valence-corrected chi connectivity index (χ3v) is 4.83. The molecular formula is C15H28N4. The molecule has 0 bridgehead atoms. The van der Waals surface area contributed by atoms with Crippen molar-refractivity contribution in [2.24, 2.45) is 5.41 Å². The number of aryl methyl sites for hydroxylation is 1. The van der Waals surface area contributed by atoms with Gasteiger partial charge in [-0.15, -0.1) is 0 Å². The fourth-order valence-electron chi connectivity index (χ4n) is 3.17. The number of nitrogens with two attached hydrogens (primary N) is 1. The average Bonchev–Trinajstić information content (AvgIpc) is 2.93. The van der Waals surface area contributed by atoms with Gasteiger partial charge in [0.1, 0.15) is 0 Å². The fraction of sp³-hybridized carbons (Fsp3) is 0.800. The average molecular weight is 264 g/mol. The van der Waals surface area contributed by atoms with Crippen LogP contribution in [0.5, 0.6) is 0 Å². The van der Waals surface area contributed by atoms with E-state index in [1.807, 2.05) is 6.92 Å². The van der Waals surface area contributed by atoms with E-state index in [1.165, 1.54) is 19.3 Å². The molecule has 0 spiro atoms. The Kier molecular flexibility index (Phi) is 3.79. The zero-order chi connectivity index (χ0) is 14.2. The Balaban J connectivity index is 2.34. The molecule has 1 aromatic heterocycles. The molecule has 1 aromatic rings. The highest BCUT2D eigenvalue weighted by Gasteiger charge is 2.37. The molecule has 0 radical (unpaired) electrons. The lowest BCUT2D eigenvalue weighted by Crippen LogP contribution is -2.28. The SMILES string of the molecule is CCC1(CC)CCN(c2c(N)c(C)nn2C(C)C)C1. The van der Waals surface area contributed by atoms with E-state index in [-0.39, 0.29) is 0 Å². The normalized spacial score (nSPS) is 18.5. The van der Waals surface area contributed by atoms with Crippen molar-refractivity contribution < 1.29 is 0 Å². The van der Waals surface area contributed by atoms with E-state index in [4.69, 9.17) is 5.73 Å². The second-order valence-corrected chi connectivity index (χ2v) is 6.24. The number of hydrogen-bond acceptors (Lipinski definition) is 3. The minimum absolute atomic E-state index is 0.351. The Morgan fingerprint density at radius 3 is 2.42 bits per heavy atom. The van der Waals surface area contributed by atoms with Gasteiger partial charge in [-0.2, -0.15) is 5.10 Å². The van der Waals surface area contributed by atoms with Crippen LogP contribution in [-0.4, -0.2) is 22.9 Å². The molecule has 0 saturated carbocycles. The predicted octanol–water partition coefficient (Wildman–Crippen LogP) is 3.37. The van der Waals surface area contributed by atoms with Crippen LogP contribution in [0, 0.1) is 12.3 Å². The fourth-order valence-corrected chi connectivity index (χ4v) is 3.17. The molecule has 0 aliphatic carbocycles. The molecule has 0 amide bonds. The number of anilines is 2. The second kappa shape index (κ2) is 5.06. The first kappa shape index (κ1) is 14.2. The molecule has 19 heavy (non-hydrogen) atoms. The van der Waals surface area contributed by atoms with Crippen molar-refractivity contribution in [3.63, 3.8) is 0 Å². The van der Waals surface area contributed by atoms with Gasteiger partial charge in [-0.25, -0.2) is 4.68 Å².